The predicted molar refractivity (Wildman–Crippen MR) is 74.8 cm³/mol. The van der Waals surface area contributed by atoms with E-state index in [2.05, 4.69) is 20.6 Å². The van der Waals surface area contributed by atoms with Gasteiger partial charge in [-0.15, -0.1) is 18.4 Å². The van der Waals surface area contributed by atoms with Gasteiger partial charge >= 0.3 is 10.2 Å². The van der Waals surface area contributed by atoms with E-state index in [9.17, 15) is 8.42 Å². The van der Waals surface area contributed by atoms with Gasteiger partial charge in [0, 0.05) is 0 Å². The number of hydrogen-bond donors (Lipinski definition) is 0. The number of nitrogens with zero attached hydrogens (tertiary/aromatic N) is 6. The van der Waals surface area contributed by atoms with Crippen molar-refractivity contribution in [2.75, 3.05) is 0 Å². The van der Waals surface area contributed by atoms with E-state index in [4.69, 9.17) is 0 Å². The van der Waals surface area contributed by atoms with Crippen molar-refractivity contribution in [2.45, 2.75) is 0 Å². The molecule has 9 heteroatoms. The number of benzene rings is 2. The molecule has 0 bridgehead atoms. The van der Waals surface area contributed by atoms with Gasteiger partial charge in [-0.3, -0.25) is 0 Å². The zero-order valence-electron chi connectivity index (χ0n) is 10.5. The fourth-order valence-electron chi connectivity index (χ4n) is 2.11. The van der Waals surface area contributed by atoms with Gasteiger partial charge in [0.05, 0.1) is 0 Å². The lowest BCUT2D eigenvalue weighted by molar-refractivity contribution is 0.562. The standard InChI is InChI=1S/C12H8N6O2S/c19-21(20,17-11-7-3-1-5-9(11)13-15-17)18-12-8-4-2-6-10(12)14-16-18/h1-8H. The topological polar surface area (TPSA) is 95.6 Å². The van der Waals surface area contributed by atoms with Gasteiger partial charge in [0.15, 0.2) is 0 Å². The summed E-state index contributed by atoms with van der Waals surface area (Å²) in [5.41, 5.74) is 1.75. The third-order valence-electron chi connectivity index (χ3n) is 3.08. The smallest absolute Gasteiger partial charge is 0.179 e. The molecule has 0 saturated heterocycles. The van der Waals surface area contributed by atoms with E-state index < -0.39 is 10.2 Å². The van der Waals surface area contributed by atoms with Crippen molar-refractivity contribution in [2.24, 2.45) is 0 Å². The molecule has 21 heavy (non-hydrogen) atoms. The number of fused-ring (bicyclic) bond motifs is 2. The van der Waals surface area contributed by atoms with Crippen LogP contribution in [0.25, 0.3) is 22.1 Å². The van der Waals surface area contributed by atoms with Gasteiger partial charge in [0.2, 0.25) is 0 Å². The SMILES string of the molecule is O=S(=O)(n1nnc2ccccc21)n1nnc2ccccc21. The molecule has 0 aliphatic rings. The highest BCUT2D eigenvalue weighted by molar-refractivity contribution is 7.88. The maximum absolute atomic E-state index is 12.7. The minimum atomic E-state index is -4.02. The molecule has 8 nitrogen and oxygen atoms in total. The number of rotatable bonds is 2. The maximum atomic E-state index is 12.7. The van der Waals surface area contributed by atoms with E-state index in [0.717, 1.165) is 8.17 Å². The molecule has 2 heterocycles. The third kappa shape index (κ3) is 1.64. The third-order valence-corrected chi connectivity index (χ3v) is 4.49. The Morgan fingerprint density at radius 2 is 1.14 bits per heavy atom. The Hall–Kier alpha value is -2.81. The van der Waals surface area contributed by atoms with Crippen molar-refractivity contribution in [3.8, 4) is 0 Å². The van der Waals surface area contributed by atoms with Gasteiger partial charge in [-0.05, 0) is 34.7 Å². The molecule has 0 spiro atoms. The summed E-state index contributed by atoms with van der Waals surface area (Å²) in [6.07, 6.45) is 0. The quantitative estimate of drug-likeness (QED) is 0.544. The second-order valence-electron chi connectivity index (χ2n) is 4.35. The van der Waals surface area contributed by atoms with Crippen LogP contribution in [0.3, 0.4) is 0 Å². The molecular weight excluding hydrogens is 292 g/mol. The summed E-state index contributed by atoms with van der Waals surface area (Å²) in [5.74, 6) is 0. The lowest BCUT2D eigenvalue weighted by Gasteiger charge is -2.04. The first-order chi connectivity index (χ1) is 10.2. The summed E-state index contributed by atoms with van der Waals surface area (Å²) in [6, 6.07) is 13.6. The Morgan fingerprint density at radius 1 is 0.714 bits per heavy atom. The molecular formula is C12H8N6O2S. The van der Waals surface area contributed by atoms with Crippen LogP contribution < -0.4 is 0 Å². The van der Waals surface area contributed by atoms with E-state index in [1.807, 2.05) is 0 Å². The highest BCUT2D eigenvalue weighted by Gasteiger charge is 2.24. The van der Waals surface area contributed by atoms with E-state index >= 15 is 0 Å². The van der Waals surface area contributed by atoms with E-state index in [1.54, 1.807) is 48.5 Å². The number of aromatic nitrogens is 6. The summed E-state index contributed by atoms with van der Waals surface area (Å²) in [4.78, 5) is 0. The molecule has 0 aliphatic carbocycles. The van der Waals surface area contributed by atoms with Crippen LogP contribution in [0.4, 0.5) is 0 Å². The van der Waals surface area contributed by atoms with Crippen LogP contribution >= 0.6 is 0 Å². The minimum absolute atomic E-state index is 0.386. The van der Waals surface area contributed by atoms with Crippen LogP contribution in [0.5, 0.6) is 0 Å². The summed E-state index contributed by atoms with van der Waals surface area (Å²) in [6.45, 7) is 0. The molecule has 0 fully saturated rings. The Balaban J connectivity index is 2.02. The molecule has 0 atom stereocenters. The van der Waals surface area contributed by atoms with Crippen molar-refractivity contribution in [3.05, 3.63) is 48.5 Å². The Kier molecular flexibility index (Phi) is 2.33. The molecule has 104 valence electrons. The van der Waals surface area contributed by atoms with E-state index in [0.29, 0.717) is 22.1 Å². The summed E-state index contributed by atoms with van der Waals surface area (Å²) in [5, 5.41) is 15.1. The van der Waals surface area contributed by atoms with Crippen LogP contribution in [0.2, 0.25) is 0 Å². The van der Waals surface area contributed by atoms with Crippen LogP contribution in [0, 0.1) is 0 Å². The van der Waals surface area contributed by atoms with E-state index in [1.165, 1.54) is 0 Å². The van der Waals surface area contributed by atoms with Crippen molar-refractivity contribution in [1.82, 2.24) is 28.8 Å². The predicted octanol–water partition coefficient (Wildman–Crippen LogP) is 0.817. The van der Waals surface area contributed by atoms with Crippen molar-refractivity contribution < 1.29 is 8.42 Å². The molecule has 0 saturated carbocycles. The molecule has 2 aromatic carbocycles. The molecule has 4 rings (SSSR count). The average Bonchev–Trinajstić information content (AvgIpc) is 3.12. The van der Waals surface area contributed by atoms with Gasteiger partial charge in [0.1, 0.15) is 22.1 Å². The Morgan fingerprint density at radius 3 is 1.62 bits per heavy atom. The van der Waals surface area contributed by atoms with Gasteiger partial charge in [-0.25, -0.2) is 0 Å². The first-order valence-electron chi connectivity index (χ1n) is 6.05. The Labute approximate surface area is 118 Å². The second-order valence-corrected chi connectivity index (χ2v) is 5.94. The zero-order valence-corrected chi connectivity index (χ0v) is 11.3. The largest absolute Gasteiger partial charge is 0.368 e. The normalized spacial score (nSPS) is 12.2. The number of para-hydroxylation sites is 2. The molecule has 0 radical (unpaired) electrons. The average molecular weight is 300 g/mol. The van der Waals surface area contributed by atoms with Crippen LogP contribution in [-0.4, -0.2) is 37.2 Å². The molecule has 0 amide bonds. The van der Waals surface area contributed by atoms with Gasteiger partial charge in [-0.1, -0.05) is 24.3 Å². The summed E-state index contributed by atoms with van der Waals surface area (Å²) >= 11 is 0. The molecule has 4 aromatic rings. The zero-order chi connectivity index (χ0) is 14.4. The van der Waals surface area contributed by atoms with Gasteiger partial charge in [0.25, 0.3) is 0 Å². The number of hydrogen-bond acceptors (Lipinski definition) is 6. The lowest BCUT2D eigenvalue weighted by Crippen LogP contribution is -2.23. The fourth-order valence-corrected chi connectivity index (χ4v) is 3.32. The highest BCUT2D eigenvalue weighted by Crippen LogP contribution is 2.17. The molecule has 2 aromatic heterocycles. The minimum Gasteiger partial charge on any atom is -0.179 e. The highest BCUT2D eigenvalue weighted by atomic mass is 32.2. The first kappa shape index (κ1) is 12.0. The first-order valence-corrected chi connectivity index (χ1v) is 7.44. The van der Waals surface area contributed by atoms with Gasteiger partial charge in [-0.2, -0.15) is 8.42 Å². The van der Waals surface area contributed by atoms with Crippen LogP contribution in [-0.2, 0) is 10.2 Å². The van der Waals surface area contributed by atoms with Crippen molar-refractivity contribution >= 4 is 32.3 Å². The lowest BCUT2D eigenvalue weighted by atomic mass is 10.3. The van der Waals surface area contributed by atoms with Gasteiger partial charge < -0.3 is 0 Å². The Bertz CT molecular complexity index is 985. The fraction of sp³-hybridized carbons (Fsp3) is 0. The monoisotopic (exact) mass is 300 g/mol. The second kappa shape index (κ2) is 4.09. The van der Waals surface area contributed by atoms with Crippen LogP contribution in [0.15, 0.2) is 48.5 Å². The molecule has 0 unspecified atom stereocenters. The van der Waals surface area contributed by atoms with Crippen molar-refractivity contribution in [1.29, 1.82) is 0 Å². The van der Waals surface area contributed by atoms with Crippen LogP contribution in [0.1, 0.15) is 0 Å². The summed E-state index contributed by atoms with van der Waals surface area (Å²) < 4.78 is 27.1. The maximum Gasteiger partial charge on any atom is 0.368 e. The molecule has 0 aliphatic heterocycles. The van der Waals surface area contributed by atoms with Crippen molar-refractivity contribution in [3.63, 3.8) is 0 Å². The summed E-state index contributed by atoms with van der Waals surface area (Å²) in [7, 11) is -4.02. The molecule has 0 N–H and O–H groups in total. The van der Waals surface area contributed by atoms with E-state index in [-0.39, 0.29) is 0 Å².